The summed E-state index contributed by atoms with van der Waals surface area (Å²) >= 11 is 0. The molecule has 0 aromatic rings. The van der Waals surface area contributed by atoms with Crippen LogP contribution >= 0.6 is 0 Å². The summed E-state index contributed by atoms with van der Waals surface area (Å²) in [5.74, 6) is 0. The van der Waals surface area contributed by atoms with Gasteiger partial charge in [-0.25, -0.2) is 0 Å². The minimum absolute atomic E-state index is 0.653. The summed E-state index contributed by atoms with van der Waals surface area (Å²) in [6.07, 6.45) is 8.68. The standard InChI is InChI=1S/C15H30N2/c1-5-17(4)14-6-8-15(9-7-14)10-13(11-15)16-12(2)3/h12-14,16H,5-11H2,1-4H3/t13-,14-,15?. The average Bonchev–Trinajstić information content (AvgIpc) is 2.26. The Kier molecular flexibility index (Phi) is 4.14. The number of hydrogen-bond donors (Lipinski definition) is 1. The van der Waals surface area contributed by atoms with Crippen molar-refractivity contribution < 1.29 is 0 Å². The van der Waals surface area contributed by atoms with E-state index < -0.39 is 0 Å². The highest BCUT2D eigenvalue weighted by Gasteiger charge is 2.46. The molecular formula is C15H30N2. The van der Waals surface area contributed by atoms with Gasteiger partial charge in [0.2, 0.25) is 0 Å². The fourth-order valence-corrected chi connectivity index (χ4v) is 3.90. The molecule has 17 heavy (non-hydrogen) atoms. The summed E-state index contributed by atoms with van der Waals surface area (Å²) in [6, 6.07) is 2.33. The molecule has 0 aromatic heterocycles. The van der Waals surface area contributed by atoms with Crippen LogP contribution < -0.4 is 5.32 Å². The summed E-state index contributed by atoms with van der Waals surface area (Å²) in [7, 11) is 2.28. The Bertz CT molecular complexity index is 233. The third kappa shape index (κ3) is 3.03. The highest BCUT2D eigenvalue weighted by atomic mass is 15.1. The van der Waals surface area contributed by atoms with Crippen molar-refractivity contribution in [2.75, 3.05) is 13.6 Å². The quantitative estimate of drug-likeness (QED) is 0.810. The van der Waals surface area contributed by atoms with Crippen LogP contribution in [0.4, 0.5) is 0 Å². The molecule has 1 N–H and O–H groups in total. The second-order valence-electron chi connectivity index (χ2n) is 6.73. The lowest BCUT2D eigenvalue weighted by Crippen LogP contribution is -2.53. The van der Waals surface area contributed by atoms with Crippen LogP contribution in [0.3, 0.4) is 0 Å². The van der Waals surface area contributed by atoms with Crippen molar-refractivity contribution in [1.82, 2.24) is 10.2 Å². The molecule has 2 aliphatic rings. The number of rotatable bonds is 4. The minimum atomic E-state index is 0.653. The topological polar surface area (TPSA) is 15.3 Å². The van der Waals surface area contributed by atoms with Crippen molar-refractivity contribution in [3.8, 4) is 0 Å². The van der Waals surface area contributed by atoms with Crippen molar-refractivity contribution in [3.63, 3.8) is 0 Å². The fourth-order valence-electron chi connectivity index (χ4n) is 3.90. The van der Waals surface area contributed by atoms with Gasteiger partial charge in [-0.2, -0.15) is 0 Å². The molecule has 2 fully saturated rings. The van der Waals surface area contributed by atoms with Crippen LogP contribution in [-0.2, 0) is 0 Å². The molecule has 0 heterocycles. The first-order valence-electron chi connectivity index (χ1n) is 7.51. The van der Waals surface area contributed by atoms with Crippen molar-refractivity contribution in [1.29, 1.82) is 0 Å². The molecule has 0 unspecified atom stereocenters. The Labute approximate surface area is 107 Å². The molecule has 0 saturated heterocycles. The SMILES string of the molecule is CCN(C)[C@H]1CCC2(CC1)C[C@H](NC(C)C)C2. The molecule has 0 aliphatic heterocycles. The molecule has 2 rings (SSSR count). The Morgan fingerprint density at radius 2 is 1.82 bits per heavy atom. The van der Waals surface area contributed by atoms with Gasteiger partial charge in [-0.15, -0.1) is 0 Å². The first-order chi connectivity index (χ1) is 8.04. The van der Waals surface area contributed by atoms with Crippen LogP contribution in [0.5, 0.6) is 0 Å². The second-order valence-corrected chi connectivity index (χ2v) is 6.73. The van der Waals surface area contributed by atoms with Gasteiger partial charge >= 0.3 is 0 Å². The fraction of sp³-hybridized carbons (Fsp3) is 1.00. The van der Waals surface area contributed by atoms with Gasteiger partial charge in [-0.05, 0) is 57.5 Å². The van der Waals surface area contributed by atoms with E-state index in [4.69, 9.17) is 0 Å². The zero-order valence-corrected chi connectivity index (χ0v) is 12.1. The van der Waals surface area contributed by atoms with E-state index in [0.29, 0.717) is 6.04 Å². The van der Waals surface area contributed by atoms with Crippen molar-refractivity contribution >= 4 is 0 Å². The molecule has 2 saturated carbocycles. The summed E-state index contributed by atoms with van der Waals surface area (Å²) in [4.78, 5) is 2.54. The van der Waals surface area contributed by atoms with Crippen molar-refractivity contribution in [2.45, 2.75) is 77.4 Å². The van der Waals surface area contributed by atoms with Crippen LogP contribution in [0.15, 0.2) is 0 Å². The Balaban J connectivity index is 1.74. The first kappa shape index (κ1) is 13.4. The maximum atomic E-state index is 3.69. The average molecular weight is 238 g/mol. The molecule has 2 aliphatic carbocycles. The van der Waals surface area contributed by atoms with Crippen molar-refractivity contribution in [3.05, 3.63) is 0 Å². The van der Waals surface area contributed by atoms with Gasteiger partial charge in [0.25, 0.3) is 0 Å². The normalized spacial score (nSPS) is 37.8. The highest BCUT2D eigenvalue weighted by Crippen LogP contribution is 2.52. The zero-order valence-electron chi connectivity index (χ0n) is 12.1. The van der Waals surface area contributed by atoms with Gasteiger partial charge in [0.15, 0.2) is 0 Å². The lowest BCUT2D eigenvalue weighted by atomic mass is 9.57. The van der Waals surface area contributed by atoms with Gasteiger partial charge in [-0.1, -0.05) is 20.8 Å². The molecule has 1 spiro atoms. The van der Waals surface area contributed by atoms with Crippen LogP contribution in [0.25, 0.3) is 0 Å². The van der Waals surface area contributed by atoms with Gasteiger partial charge in [-0.3, -0.25) is 0 Å². The van der Waals surface area contributed by atoms with Crippen LogP contribution in [0.1, 0.15) is 59.3 Å². The molecule has 0 bridgehead atoms. The van der Waals surface area contributed by atoms with Gasteiger partial charge in [0.1, 0.15) is 0 Å². The molecule has 2 nitrogen and oxygen atoms in total. The summed E-state index contributed by atoms with van der Waals surface area (Å²) in [5.41, 5.74) is 0.734. The summed E-state index contributed by atoms with van der Waals surface area (Å²) < 4.78 is 0. The zero-order chi connectivity index (χ0) is 12.5. The second kappa shape index (κ2) is 5.27. The molecule has 0 radical (unpaired) electrons. The Hall–Kier alpha value is -0.0800. The van der Waals surface area contributed by atoms with E-state index in [0.717, 1.165) is 17.5 Å². The lowest BCUT2D eigenvalue weighted by molar-refractivity contribution is 0.00891. The molecule has 0 amide bonds. The minimum Gasteiger partial charge on any atom is -0.312 e. The van der Waals surface area contributed by atoms with Crippen LogP contribution in [0, 0.1) is 5.41 Å². The molecule has 2 heteroatoms. The first-order valence-corrected chi connectivity index (χ1v) is 7.51. The van der Waals surface area contributed by atoms with E-state index in [1.807, 2.05) is 0 Å². The highest BCUT2D eigenvalue weighted by molar-refractivity contribution is 5.01. The third-order valence-electron chi connectivity index (χ3n) is 5.07. The van der Waals surface area contributed by atoms with E-state index in [2.05, 4.69) is 38.0 Å². The van der Waals surface area contributed by atoms with E-state index in [9.17, 15) is 0 Å². The van der Waals surface area contributed by atoms with E-state index >= 15 is 0 Å². The summed E-state index contributed by atoms with van der Waals surface area (Å²) in [6.45, 7) is 8.00. The molecule has 0 aromatic carbocycles. The van der Waals surface area contributed by atoms with Gasteiger partial charge < -0.3 is 10.2 Å². The maximum Gasteiger partial charge on any atom is 0.00925 e. The van der Waals surface area contributed by atoms with Crippen LogP contribution in [0.2, 0.25) is 0 Å². The summed E-state index contributed by atoms with van der Waals surface area (Å²) in [5, 5.41) is 3.69. The van der Waals surface area contributed by atoms with Gasteiger partial charge in [0, 0.05) is 18.1 Å². The van der Waals surface area contributed by atoms with E-state index in [-0.39, 0.29) is 0 Å². The molecular weight excluding hydrogens is 208 g/mol. The number of nitrogens with zero attached hydrogens (tertiary/aromatic N) is 1. The Morgan fingerprint density at radius 3 is 2.29 bits per heavy atom. The monoisotopic (exact) mass is 238 g/mol. The largest absolute Gasteiger partial charge is 0.312 e. The number of hydrogen-bond acceptors (Lipinski definition) is 2. The van der Waals surface area contributed by atoms with Gasteiger partial charge in [0.05, 0.1) is 0 Å². The van der Waals surface area contributed by atoms with E-state index in [1.54, 1.807) is 0 Å². The predicted octanol–water partition coefficient (Wildman–Crippen LogP) is 3.03. The van der Waals surface area contributed by atoms with E-state index in [1.165, 1.54) is 45.1 Å². The number of nitrogens with one attached hydrogen (secondary N) is 1. The molecule has 100 valence electrons. The lowest BCUT2D eigenvalue weighted by Gasteiger charge is -2.53. The smallest absolute Gasteiger partial charge is 0.00925 e. The predicted molar refractivity (Wildman–Crippen MR) is 74.3 cm³/mol. The Morgan fingerprint density at radius 1 is 1.24 bits per heavy atom. The maximum absolute atomic E-state index is 3.69. The third-order valence-corrected chi connectivity index (χ3v) is 5.07. The van der Waals surface area contributed by atoms with Crippen molar-refractivity contribution in [2.24, 2.45) is 5.41 Å². The molecule has 0 atom stereocenters. The van der Waals surface area contributed by atoms with Crippen LogP contribution in [-0.4, -0.2) is 36.6 Å².